The second-order valence-electron chi connectivity index (χ2n) is 8.03. The Morgan fingerprint density at radius 1 is 1.03 bits per heavy atom. The largest absolute Gasteiger partial charge is 0.322 e. The molecule has 1 aliphatic rings. The number of nitrogens with one attached hydrogen (secondary N) is 2. The van der Waals surface area contributed by atoms with E-state index in [2.05, 4.69) is 20.0 Å². The molecule has 2 aromatic carbocycles. The Balaban J connectivity index is 1.41. The Bertz CT molecular complexity index is 1540. The van der Waals surface area contributed by atoms with E-state index in [0.717, 1.165) is 36.0 Å². The smallest absolute Gasteiger partial charge is 0.264 e. The second kappa shape index (κ2) is 8.66. The van der Waals surface area contributed by atoms with E-state index in [0.29, 0.717) is 27.4 Å². The van der Waals surface area contributed by atoms with Gasteiger partial charge in [0.15, 0.2) is 0 Å². The quantitative estimate of drug-likeness (QED) is 0.422. The first kappa shape index (κ1) is 22.2. The summed E-state index contributed by atoms with van der Waals surface area (Å²) in [5, 5.41) is 4.12. The van der Waals surface area contributed by atoms with Crippen LogP contribution in [0.5, 0.6) is 0 Å². The molecule has 0 saturated heterocycles. The van der Waals surface area contributed by atoms with Gasteiger partial charge in [-0.05, 0) is 80.3 Å². The lowest BCUT2D eigenvalue weighted by atomic mass is 10.0. The molecule has 0 unspecified atom stereocenters. The number of benzene rings is 2. The Kier molecular flexibility index (Phi) is 5.66. The Labute approximate surface area is 201 Å². The Hall–Kier alpha value is -3.56. The van der Waals surface area contributed by atoms with Crippen LogP contribution in [0.4, 0.5) is 11.6 Å². The van der Waals surface area contributed by atoms with Crippen LogP contribution < -0.4 is 10.0 Å². The fraction of sp³-hybridized carbons (Fsp3) is 0.167. The first-order valence-electron chi connectivity index (χ1n) is 10.6. The molecule has 0 saturated carbocycles. The molecule has 4 aromatic rings. The van der Waals surface area contributed by atoms with Gasteiger partial charge in [-0.2, -0.15) is 0 Å². The van der Waals surface area contributed by atoms with Gasteiger partial charge in [0.1, 0.15) is 0 Å². The van der Waals surface area contributed by atoms with Crippen molar-refractivity contribution in [3.63, 3.8) is 0 Å². The number of sulfonamides is 1. The van der Waals surface area contributed by atoms with E-state index in [1.54, 1.807) is 37.3 Å². The summed E-state index contributed by atoms with van der Waals surface area (Å²) in [4.78, 5) is 26.0. The molecule has 0 bridgehead atoms. The van der Waals surface area contributed by atoms with Gasteiger partial charge in [-0.1, -0.05) is 11.6 Å². The third kappa shape index (κ3) is 4.32. The Morgan fingerprint density at radius 2 is 1.82 bits per heavy atom. The molecule has 2 heterocycles. The second-order valence-corrected chi connectivity index (χ2v) is 10.2. The molecule has 0 radical (unpaired) electrons. The van der Waals surface area contributed by atoms with E-state index in [-0.39, 0.29) is 16.8 Å². The van der Waals surface area contributed by atoms with E-state index in [1.165, 1.54) is 18.3 Å². The summed E-state index contributed by atoms with van der Waals surface area (Å²) in [6, 6.07) is 12.9. The summed E-state index contributed by atoms with van der Waals surface area (Å²) < 4.78 is 27.7. The number of anilines is 2. The van der Waals surface area contributed by atoms with Crippen LogP contribution in [0.2, 0.25) is 5.02 Å². The van der Waals surface area contributed by atoms with Crippen molar-refractivity contribution in [2.24, 2.45) is 0 Å². The minimum atomic E-state index is -3.88. The number of halogens is 1. The summed E-state index contributed by atoms with van der Waals surface area (Å²) in [6.45, 7) is 1.74. The summed E-state index contributed by atoms with van der Waals surface area (Å²) in [5.74, 6) is -0.288. The average molecular weight is 494 g/mol. The number of carbonyl (C=O) groups is 1. The van der Waals surface area contributed by atoms with Crippen LogP contribution >= 0.6 is 11.6 Å². The highest BCUT2D eigenvalue weighted by Gasteiger charge is 2.24. The lowest BCUT2D eigenvalue weighted by molar-refractivity contribution is 0.102. The molecule has 2 aromatic heterocycles. The summed E-state index contributed by atoms with van der Waals surface area (Å²) >= 11 is 6.20. The number of nitrogens with zero attached hydrogens (tertiary/aromatic N) is 3. The molecular formula is C24H20ClN5O3S. The van der Waals surface area contributed by atoms with Crippen LogP contribution in [-0.4, -0.2) is 29.3 Å². The van der Waals surface area contributed by atoms with Crippen molar-refractivity contribution in [3.05, 3.63) is 82.3 Å². The molecule has 0 fully saturated rings. The van der Waals surface area contributed by atoms with Gasteiger partial charge in [-0.15, -0.1) is 0 Å². The van der Waals surface area contributed by atoms with Gasteiger partial charge in [0.2, 0.25) is 5.95 Å². The van der Waals surface area contributed by atoms with Gasteiger partial charge in [0.25, 0.3) is 15.9 Å². The maximum absolute atomic E-state index is 13.3. The fourth-order valence-corrected chi connectivity index (χ4v) is 5.21. The number of rotatable bonds is 5. The highest BCUT2D eigenvalue weighted by molar-refractivity contribution is 7.92. The molecule has 172 valence electrons. The average Bonchev–Trinajstić information content (AvgIpc) is 3.25. The molecule has 0 spiro atoms. The zero-order valence-corrected chi connectivity index (χ0v) is 19.7. The van der Waals surface area contributed by atoms with Gasteiger partial charge < -0.3 is 5.32 Å². The van der Waals surface area contributed by atoms with Crippen molar-refractivity contribution in [1.82, 2.24) is 15.0 Å². The molecule has 1 aliphatic carbocycles. The van der Waals surface area contributed by atoms with Crippen LogP contribution in [0, 0.1) is 6.92 Å². The van der Waals surface area contributed by atoms with Gasteiger partial charge in [-0.3, -0.25) is 9.78 Å². The molecule has 8 nitrogen and oxygen atoms in total. The van der Waals surface area contributed by atoms with Gasteiger partial charge in [-0.25, -0.2) is 23.1 Å². The Morgan fingerprint density at radius 3 is 2.59 bits per heavy atom. The van der Waals surface area contributed by atoms with Crippen molar-refractivity contribution in [2.75, 3.05) is 10.0 Å². The number of hydrogen-bond acceptors (Lipinski definition) is 6. The predicted octanol–water partition coefficient (Wildman–Crippen LogP) is 4.53. The normalized spacial score (nSPS) is 13.0. The highest BCUT2D eigenvalue weighted by atomic mass is 35.5. The van der Waals surface area contributed by atoms with E-state index in [9.17, 15) is 13.2 Å². The molecule has 0 atom stereocenters. The van der Waals surface area contributed by atoms with Crippen molar-refractivity contribution < 1.29 is 13.2 Å². The van der Waals surface area contributed by atoms with Gasteiger partial charge >= 0.3 is 0 Å². The van der Waals surface area contributed by atoms with Crippen LogP contribution in [0.3, 0.4) is 0 Å². The minimum Gasteiger partial charge on any atom is -0.322 e. The molecule has 34 heavy (non-hydrogen) atoms. The monoisotopic (exact) mass is 493 g/mol. The molecule has 0 aliphatic heterocycles. The maximum atomic E-state index is 13.3. The lowest BCUT2D eigenvalue weighted by Crippen LogP contribution is -2.17. The molecule has 1 amide bonds. The third-order valence-corrected chi connectivity index (χ3v) is 7.22. The van der Waals surface area contributed by atoms with Crippen LogP contribution in [0.1, 0.15) is 33.7 Å². The summed E-state index contributed by atoms with van der Waals surface area (Å²) in [5.41, 5.74) is 4.27. The van der Waals surface area contributed by atoms with Crippen LogP contribution in [0.15, 0.2) is 59.6 Å². The number of pyridine rings is 1. The molecular weight excluding hydrogens is 474 g/mol. The fourth-order valence-electron chi connectivity index (χ4n) is 4.08. The molecule has 5 rings (SSSR count). The molecule has 10 heteroatoms. The van der Waals surface area contributed by atoms with E-state index >= 15 is 0 Å². The standard InChI is InChI=1S/C24H20ClN5O3S/c1-14-11-12-26-24(27-14)30-34(32,33)17-8-6-16(7-9-17)28-23(31)22-18-3-2-4-20(18)29-21-10-5-15(25)13-19(21)22/h5-13H,2-4H2,1H3,(H,28,31)(H,26,27,30). The number of fused-ring (bicyclic) bond motifs is 2. The third-order valence-electron chi connectivity index (χ3n) is 5.64. The van der Waals surface area contributed by atoms with Crippen molar-refractivity contribution >= 4 is 50.1 Å². The van der Waals surface area contributed by atoms with Gasteiger partial charge in [0.05, 0.1) is 16.0 Å². The van der Waals surface area contributed by atoms with E-state index < -0.39 is 10.0 Å². The van der Waals surface area contributed by atoms with Crippen LogP contribution in [0.25, 0.3) is 10.9 Å². The number of amides is 1. The number of aromatic nitrogens is 3. The number of hydrogen-bond donors (Lipinski definition) is 2. The number of aryl methyl sites for hydroxylation is 2. The SMILES string of the molecule is Cc1ccnc(NS(=O)(=O)c2ccc(NC(=O)c3c4c(nc5ccc(Cl)cc35)CCC4)cc2)n1. The molecule has 2 N–H and O–H groups in total. The highest BCUT2D eigenvalue weighted by Crippen LogP contribution is 2.32. The summed E-state index contributed by atoms with van der Waals surface area (Å²) in [7, 11) is -3.88. The zero-order chi connectivity index (χ0) is 23.9. The first-order valence-corrected chi connectivity index (χ1v) is 12.5. The maximum Gasteiger partial charge on any atom is 0.264 e. The topological polar surface area (TPSA) is 114 Å². The van der Waals surface area contributed by atoms with Gasteiger partial charge in [0, 0.05) is 33.7 Å². The van der Waals surface area contributed by atoms with Crippen molar-refractivity contribution in [1.29, 1.82) is 0 Å². The number of carbonyl (C=O) groups excluding carboxylic acids is 1. The minimum absolute atomic E-state index is 0.00513. The zero-order valence-electron chi connectivity index (χ0n) is 18.2. The lowest BCUT2D eigenvalue weighted by Gasteiger charge is -2.13. The van der Waals surface area contributed by atoms with E-state index in [1.807, 2.05) is 6.07 Å². The summed E-state index contributed by atoms with van der Waals surface area (Å²) in [6.07, 6.45) is 4.03. The van der Waals surface area contributed by atoms with Crippen molar-refractivity contribution in [2.45, 2.75) is 31.1 Å². The van der Waals surface area contributed by atoms with Crippen LogP contribution in [-0.2, 0) is 22.9 Å². The first-order chi connectivity index (χ1) is 16.3. The predicted molar refractivity (Wildman–Crippen MR) is 131 cm³/mol. The van der Waals surface area contributed by atoms with Crippen molar-refractivity contribution in [3.8, 4) is 0 Å². The van der Waals surface area contributed by atoms with E-state index in [4.69, 9.17) is 16.6 Å².